The van der Waals surface area contributed by atoms with E-state index < -0.39 is 32.8 Å². The molecule has 0 atom stereocenters. The monoisotopic (exact) mass is 450 g/mol. The summed E-state index contributed by atoms with van der Waals surface area (Å²) in [6.45, 7) is 2.81. The average Bonchev–Trinajstić information content (AvgIpc) is 2.79. The molecular weight excluding hydrogens is 426 g/mol. The van der Waals surface area contributed by atoms with Crippen LogP contribution >= 0.6 is 0 Å². The van der Waals surface area contributed by atoms with Crippen molar-refractivity contribution in [1.29, 1.82) is 0 Å². The highest BCUT2D eigenvalue weighted by atomic mass is 16.6. The molecule has 0 fully saturated rings. The Morgan fingerprint density at radius 1 is 0.848 bits per heavy atom. The Labute approximate surface area is 190 Å². The van der Waals surface area contributed by atoms with Crippen LogP contribution < -0.4 is 4.48 Å². The molecule has 0 unspecified atom stereocenters. The summed E-state index contributed by atoms with van der Waals surface area (Å²) in [5.74, 6) is -1.47. The molecule has 0 aliphatic carbocycles. The standard InChI is InChI=1S/C24H23N3O6/c1-2-13-27(16-18-9-5-3-6-10-18,17-19-11-7-4-8-12-19)23-21(25(30)31)14-20(24(28)29)15-22(23)26(32)33/h3-12,14-15H,2,13,16-17H2,1H3/p+1. The van der Waals surface area contributed by atoms with E-state index in [4.69, 9.17) is 0 Å². The van der Waals surface area contributed by atoms with Crippen molar-refractivity contribution in [2.24, 2.45) is 0 Å². The second kappa shape index (κ2) is 10.0. The molecule has 9 heteroatoms. The smallest absolute Gasteiger partial charge is 0.337 e. The first-order valence-electron chi connectivity index (χ1n) is 10.4. The lowest BCUT2D eigenvalue weighted by molar-refractivity contribution is -0.394. The van der Waals surface area contributed by atoms with Gasteiger partial charge in [0.1, 0.15) is 13.1 Å². The summed E-state index contributed by atoms with van der Waals surface area (Å²) in [7, 11) is 0. The van der Waals surface area contributed by atoms with E-state index in [0.29, 0.717) is 13.0 Å². The van der Waals surface area contributed by atoms with E-state index >= 15 is 0 Å². The van der Waals surface area contributed by atoms with Crippen LogP contribution in [0.4, 0.5) is 17.1 Å². The maximum Gasteiger partial charge on any atom is 0.337 e. The number of carboxylic acids is 1. The molecule has 0 aliphatic heterocycles. The number of rotatable bonds is 10. The van der Waals surface area contributed by atoms with E-state index in [9.17, 15) is 30.1 Å². The van der Waals surface area contributed by atoms with Gasteiger partial charge >= 0.3 is 17.3 Å². The fourth-order valence-corrected chi connectivity index (χ4v) is 4.27. The van der Waals surface area contributed by atoms with E-state index in [0.717, 1.165) is 23.3 Å². The van der Waals surface area contributed by atoms with Crippen molar-refractivity contribution in [3.05, 3.63) is 110 Å². The minimum absolute atomic E-state index is 0.0930. The highest BCUT2D eigenvalue weighted by Gasteiger charge is 2.45. The van der Waals surface area contributed by atoms with Gasteiger partial charge in [0, 0.05) is 23.3 Å². The van der Waals surface area contributed by atoms with Gasteiger partial charge in [0.05, 0.1) is 22.0 Å². The number of quaternary nitrogens is 1. The van der Waals surface area contributed by atoms with Crippen molar-refractivity contribution in [2.45, 2.75) is 26.4 Å². The summed E-state index contributed by atoms with van der Waals surface area (Å²) >= 11 is 0. The number of carboxylic acid groups (broad SMARTS) is 1. The maximum atomic E-state index is 12.1. The number of nitro groups is 2. The van der Waals surface area contributed by atoms with Gasteiger partial charge in [-0.1, -0.05) is 67.6 Å². The normalized spacial score (nSPS) is 11.2. The molecule has 0 aromatic heterocycles. The highest BCUT2D eigenvalue weighted by Crippen LogP contribution is 2.45. The third kappa shape index (κ3) is 5.21. The van der Waals surface area contributed by atoms with Crippen molar-refractivity contribution >= 4 is 23.0 Å². The molecule has 0 saturated carbocycles. The molecule has 33 heavy (non-hydrogen) atoms. The SMILES string of the molecule is CCC[N+](Cc1ccccc1)(Cc1ccccc1)c1c([N+](=O)[O-])cc(C(=O)O)cc1[N+](=O)[O-]. The average molecular weight is 450 g/mol. The summed E-state index contributed by atoms with van der Waals surface area (Å²) in [5, 5.41) is 33.6. The second-order valence-electron chi connectivity index (χ2n) is 7.84. The van der Waals surface area contributed by atoms with Crippen LogP contribution in [-0.2, 0) is 13.1 Å². The molecule has 0 aliphatic rings. The molecule has 0 heterocycles. The lowest BCUT2D eigenvalue weighted by Crippen LogP contribution is -2.49. The molecule has 3 rings (SSSR count). The zero-order valence-corrected chi connectivity index (χ0v) is 18.1. The van der Waals surface area contributed by atoms with Crippen molar-refractivity contribution in [3.63, 3.8) is 0 Å². The molecule has 0 amide bonds. The summed E-state index contributed by atoms with van der Waals surface area (Å²) < 4.78 is -0.100. The van der Waals surface area contributed by atoms with Gasteiger partial charge in [-0.2, -0.15) is 0 Å². The van der Waals surface area contributed by atoms with Gasteiger partial charge in [-0.15, -0.1) is 0 Å². The number of nitro benzene ring substituents is 2. The Morgan fingerprint density at radius 2 is 1.27 bits per heavy atom. The first kappa shape index (κ1) is 23.6. The van der Waals surface area contributed by atoms with E-state index in [1.165, 1.54) is 0 Å². The minimum atomic E-state index is -1.47. The van der Waals surface area contributed by atoms with E-state index in [2.05, 4.69) is 0 Å². The van der Waals surface area contributed by atoms with Crippen molar-refractivity contribution in [2.75, 3.05) is 6.54 Å². The Morgan fingerprint density at radius 3 is 1.61 bits per heavy atom. The van der Waals surface area contributed by atoms with E-state index in [1.807, 2.05) is 67.6 Å². The van der Waals surface area contributed by atoms with E-state index in [1.54, 1.807) is 0 Å². The summed E-state index contributed by atoms with van der Waals surface area (Å²) in [6.07, 6.45) is 0.592. The van der Waals surface area contributed by atoms with Gasteiger partial charge in [-0.25, -0.2) is 4.79 Å². The van der Waals surface area contributed by atoms with Gasteiger partial charge in [0.15, 0.2) is 0 Å². The zero-order chi connectivity index (χ0) is 24.0. The molecule has 170 valence electrons. The maximum absolute atomic E-state index is 12.1. The van der Waals surface area contributed by atoms with Crippen LogP contribution in [0.25, 0.3) is 0 Å². The zero-order valence-electron chi connectivity index (χ0n) is 18.1. The predicted octanol–water partition coefficient (Wildman–Crippen LogP) is 5.32. The molecule has 3 aromatic rings. The second-order valence-corrected chi connectivity index (χ2v) is 7.84. The van der Waals surface area contributed by atoms with Gasteiger partial charge in [0.2, 0.25) is 0 Å². The topological polar surface area (TPSA) is 124 Å². The Hall–Kier alpha value is -4.11. The summed E-state index contributed by atoms with van der Waals surface area (Å²) in [4.78, 5) is 34.3. The first-order chi connectivity index (χ1) is 15.8. The molecule has 9 nitrogen and oxygen atoms in total. The van der Waals surface area contributed by atoms with E-state index in [-0.39, 0.29) is 23.3 Å². The third-order valence-corrected chi connectivity index (χ3v) is 5.49. The van der Waals surface area contributed by atoms with Crippen molar-refractivity contribution in [1.82, 2.24) is 4.48 Å². The fourth-order valence-electron chi connectivity index (χ4n) is 4.27. The van der Waals surface area contributed by atoms with Crippen molar-refractivity contribution in [3.8, 4) is 0 Å². The van der Waals surface area contributed by atoms with Crippen LogP contribution in [0.2, 0.25) is 0 Å². The molecule has 0 spiro atoms. The Bertz CT molecular complexity index is 1090. The third-order valence-electron chi connectivity index (χ3n) is 5.49. The number of benzene rings is 3. The number of aromatic carboxylic acids is 1. The quantitative estimate of drug-likeness (QED) is 0.253. The fraction of sp³-hybridized carbons (Fsp3) is 0.208. The lowest BCUT2D eigenvalue weighted by Gasteiger charge is -2.37. The molecule has 0 saturated heterocycles. The molecule has 1 N–H and O–H groups in total. The lowest BCUT2D eigenvalue weighted by atomic mass is 10.0. The van der Waals surface area contributed by atoms with Crippen LogP contribution in [0.15, 0.2) is 72.8 Å². The molecular formula is C24H24N3O6+. The van der Waals surface area contributed by atoms with Crippen LogP contribution in [0.1, 0.15) is 34.8 Å². The number of carbonyl (C=O) groups is 1. The predicted molar refractivity (Wildman–Crippen MR) is 124 cm³/mol. The Kier molecular flexibility index (Phi) is 7.14. The summed E-state index contributed by atoms with van der Waals surface area (Å²) in [6, 6.07) is 20.4. The minimum Gasteiger partial charge on any atom is -0.478 e. The van der Waals surface area contributed by atoms with Gasteiger partial charge in [-0.05, 0) is 6.42 Å². The number of hydrogen-bond acceptors (Lipinski definition) is 5. The molecule has 3 aromatic carbocycles. The van der Waals surface area contributed by atoms with Gasteiger partial charge in [-0.3, -0.25) is 24.7 Å². The Balaban J connectivity index is 2.38. The van der Waals surface area contributed by atoms with Crippen molar-refractivity contribution < 1.29 is 19.7 Å². The van der Waals surface area contributed by atoms with Crippen LogP contribution in [0.5, 0.6) is 0 Å². The number of nitrogens with zero attached hydrogens (tertiary/aromatic N) is 3. The highest BCUT2D eigenvalue weighted by molar-refractivity contribution is 5.92. The number of hydrogen-bond donors (Lipinski definition) is 1. The van der Waals surface area contributed by atoms with Gasteiger partial charge in [0.25, 0.3) is 5.69 Å². The summed E-state index contributed by atoms with van der Waals surface area (Å²) in [5.41, 5.74) is -0.0138. The van der Waals surface area contributed by atoms with Crippen LogP contribution in [-0.4, -0.2) is 27.5 Å². The molecule has 0 radical (unpaired) electrons. The largest absolute Gasteiger partial charge is 0.478 e. The van der Waals surface area contributed by atoms with Crippen LogP contribution in [0.3, 0.4) is 0 Å². The molecule has 0 bridgehead atoms. The van der Waals surface area contributed by atoms with Gasteiger partial charge < -0.3 is 5.11 Å². The van der Waals surface area contributed by atoms with Crippen LogP contribution in [0, 0.1) is 20.2 Å². The first-order valence-corrected chi connectivity index (χ1v) is 10.4.